The van der Waals surface area contributed by atoms with Gasteiger partial charge in [0, 0.05) is 31.3 Å². The maximum atomic E-state index is 14.6. The van der Waals surface area contributed by atoms with E-state index in [-0.39, 0.29) is 30.1 Å². The molecule has 6 nitrogen and oxygen atoms in total. The van der Waals surface area contributed by atoms with E-state index in [4.69, 9.17) is 4.74 Å². The third-order valence-corrected chi connectivity index (χ3v) is 4.46. The van der Waals surface area contributed by atoms with Crippen LogP contribution in [-0.2, 0) is 9.53 Å². The van der Waals surface area contributed by atoms with Crippen LogP contribution in [0.15, 0.2) is 47.4 Å². The summed E-state index contributed by atoms with van der Waals surface area (Å²) in [6, 6.07) is 8.64. The third kappa shape index (κ3) is 4.26. The molecule has 1 saturated heterocycles. The zero-order valence-corrected chi connectivity index (χ0v) is 15.5. The Morgan fingerprint density at radius 3 is 2.63 bits per heavy atom. The van der Waals surface area contributed by atoms with Gasteiger partial charge in [-0.2, -0.15) is 0 Å². The van der Waals surface area contributed by atoms with Gasteiger partial charge in [-0.3, -0.25) is 19.0 Å². The van der Waals surface area contributed by atoms with Gasteiger partial charge >= 0.3 is 5.97 Å². The van der Waals surface area contributed by atoms with Crippen LogP contribution in [0.2, 0.25) is 0 Å². The lowest BCUT2D eigenvalue weighted by atomic mass is 9.88. The van der Waals surface area contributed by atoms with Crippen LogP contribution in [0.1, 0.15) is 17.3 Å². The number of nitrogens with one attached hydrogen (secondary N) is 1. The fraction of sp³-hybridized carbons (Fsp3) is 0.316. The van der Waals surface area contributed by atoms with Gasteiger partial charge in [-0.25, -0.2) is 4.39 Å². The Hall–Kier alpha value is -2.51. The van der Waals surface area contributed by atoms with E-state index in [0.717, 1.165) is 6.07 Å². The molecule has 0 unspecified atom stereocenters. The first kappa shape index (κ1) is 20.8. The summed E-state index contributed by atoms with van der Waals surface area (Å²) in [5.74, 6) is -2.92. The van der Waals surface area contributed by atoms with Crippen molar-refractivity contribution in [3.63, 3.8) is 0 Å². The van der Waals surface area contributed by atoms with Crippen LogP contribution in [0.4, 0.5) is 4.39 Å². The lowest BCUT2D eigenvalue weighted by Crippen LogP contribution is -2.30. The molecule has 27 heavy (non-hydrogen) atoms. The second kappa shape index (κ2) is 8.92. The standard InChI is InChI=1S/C19H19FN2O4.ClH/c1-2-26-19(25)15-11-21-10-14(15)18(24)13-7-6-12(9-16(13)20)22-8-4-3-5-17(22)23;/h3-9,14-15,21H,2,10-11H2,1H3;1H/t14-,15-;/m0./s1. The van der Waals surface area contributed by atoms with Gasteiger partial charge in [0.05, 0.1) is 23.8 Å². The van der Waals surface area contributed by atoms with E-state index in [1.807, 2.05) is 0 Å². The number of hydrogen-bond acceptors (Lipinski definition) is 5. The topological polar surface area (TPSA) is 77.4 Å². The van der Waals surface area contributed by atoms with Crippen molar-refractivity contribution in [2.45, 2.75) is 6.92 Å². The predicted octanol–water partition coefficient (Wildman–Crippen LogP) is 1.98. The number of rotatable bonds is 5. The summed E-state index contributed by atoms with van der Waals surface area (Å²) in [5, 5.41) is 2.99. The average molecular weight is 395 g/mol. The van der Waals surface area contributed by atoms with Crippen LogP contribution in [0.3, 0.4) is 0 Å². The Balaban J connectivity index is 0.00000261. The number of carbonyl (C=O) groups excluding carboxylic acids is 2. The number of esters is 1. The number of aromatic nitrogens is 1. The van der Waals surface area contributed by atoms with E-state index in [9.17, 15) is 18.8 Å². The minimum atomic E-state index is -0.724. The molecule has 1 aliphatic rings. The van der Waals surface area contributed by atoms with Crippen LogP contribution < -0.4 is 10.9 Å². The third-order valence-electron chi connectivity index (χ3n) is 4.46. The number of halogens is 2. The summed E-state index contributed by atoms with van der Waals surface area (Å²) in [5.41, 5.74) is -0.0646. The first-order valence-corrected chi connectivity index (χ1v) is 8.42. The van der Waals surface area contributed by atoms with Gasteiger partial charge in [0.25, 0.3) is 5.56 Å². The smallest absolute Gasteiger partial charge is 0.311 e. The molecule has 3 rings (SSSR count). The molecule has 144 valence electrons. The summed E-state index contributed by atoms with van der Waals surface area (Å²) in [7, 11) is 0. The van der Waals surface area contributed by atoms with E-state index in [1.165, 1.54) is 29.0 Å². The van der Waals surface area contributed by atoms with Crippen molar-refractivity contribution in [1.82, 2.24) is 9.88 Å². The van der Waals surface area contributed by atoms with Gasteiger partial charge in [0.2, 0.25) is 0 Å². The highest BCUT2D eigenvalue weighted by atomic mass is 35.5. The highest BCUT2D eigenvalue weighted by Gasteiger charge is 2.39. The summed E-state index contributed by atoms with van der Waals surface area (Å²) < 4.78 is 20.9. The molecule has 1 aromatic carbocycles. The molecule has 0 radical (unpaired) electrons. The highest BCUT2D eigenvalue weighted by Crippen LogP contribution is 2.25. The van der Waals surface area contributed by atoms with Gasteiger partial charge in [0.1, 0.15) is 5.82 Å². The van der Waals surface area contributed by atoms with Crippen molar-refractivity contribution >= 4 is 24.2 Å². The zero-order valence-electron chi connectivity index (χ0n) is 14.7. The van der Waals surface area contributed by atoms with Crippen molar-refractivity contribution in [2.24, 2.45) is 11.8 Å². The SMILES string of the molecule is CCOC(=O)[C@H]1CNC[C@@H]1C(=O)c1ccc(-n2ccccc2=O)cc1F.Cl. The normalized spacial score (nSPS) is 18.6. The molecule has 0 aliphatic carbocycles. The van der Waals surface area contributed by atoms with Crippen LogP contribution >= 0.6 is 12.4 Å². The van der Waals surface area contributed by atoms with E-state index >= 15 is 0 Å². The minimum Gasteiger partial charge on any atom is -0.466 e. The monoisotopic (exact) mass is 394 g/mol. The Labute approximate surface area is 161 Å². The van der Waals surface area contributed by atoms with E-state index < -0.39 is 29.4 Å². The summed E-state index contributed by atoms with van der Waals surface area (Å²) in [6.07, 6.45) is 1.52. The second-order valence-electron chi connectivity index (χ2n) is 6.06. The second-order valence-corrected chi connectivity index (χ2v) is 6.06. The summed E-state index contributed by atoms with van der Waals surface area (Å²) >= 11 is 0. The number of nitrogens with zero attached hydrogens (tertiary/aromatic N) is 1. The van der Waals surface area contributed by atoms with Gasteiger partial charge in [0.15, 0.2) is 5.78 Å². The molecule has 2 aromatic rings. The van der Waals surface area contributed by atoms with Crippen LogP contribution in [-0.4, -0.2) is 36.0 Å². The van der Waals surface area contributed by atoms with Crippen molar-refractivity contribution in [1.29, 1.82) is 0 Å². The molecule has 1 N–H and O–H groups in total. The average Bonchev–Trinajstić information content (AvgIpc) is 3.11. The highest BCUT2D eigenvalue weighted by molar-refractivity contribution is 6.01. The number of hydrogen-bond donors (Lipinski definition) is 1. The van der Waals surface area contributed by atoms with Gasteiger partial charge < -0.3 is 10.1 Å². The molecule has 2 heterocycles. The summed E-state index contributed by atoms with van der Waals surface area (Å²) in [6.45, 7) is 2.54. The first-order chi connectivity index (χ1) is 12.5. The molecular weight excluding hydrogens is 375 g/mol. The molecule has 0 saturated carbocycles. The Kier molecular flexibility index (Phi) is 6.87. The molecule has 2 atom stereocenters. The van der Waals surface area contributed by atoms with Crippen molar-refractivity contribution in [3.05, 3.63) is 64.3 Å². The zero-order chi connectivity index (χ0) is 18.7. The predicted molar refractivity (Wildman–Crippen MR) is 100 cm³/mol. The number of Topliss-reactive ketones (excluding diaryl/α,β-unsaturated/α-hetero) is 1. The molecule has 8 heteroatoms. The molecule has 1 fully saturated rings. The fourth-order valence-corrected chi connectivity index (χ4v) is 3.15. The maximum absolute atomic E-state index is 14.6. The molecule has 1 aromatic heterocycles. The van der Waals surface area contributed by atoms with Gasteiger partial charge in [-0.1, -0.05) is 6.07 Å². The first-order valence-electron chi connectivity index (χ1n) is 8.42. The van der Waals surface area contributed by atoms with Crippen molar-refractivity contribution in [2.75, 3.05) is 19.7 Å². The fourth-order valence-electron chi connectivity index (χ4n) is 3.15. The molecule has 0 amide bonds. The van der Waals surface area contributed by atoms with Crippen molar-refractivity contribution in [3.8, 4) is 5.69 Å². The number of carbonyl (C=O) groups is 2. The lowest BCUT2D eigenvalue weighted by molar-refractivity contribution is -0.148. The van der Waals surface area contributed by atoms with Gasteiger partial charge in [-0.15, -0.1) is 12.4 Å². The largest absolute Gasteiger partial charge is 0.466 e. The Morgan fingerprint density at radius 1 is 1.22 bits per heavy atom. The van der Waals surface area contributed by atoms with E-state index in [2.05, 4.69) is 5.32 Å². The van der Waals surface area contributed by atoms with Crippen LogP contribution in [0, 0.1) is 17.7 Å². The summed E-state index contributed by atoms with van der Waals surface area (Å²) in [4.78, 5) is 36.6. The number of ether oxygens (including phenoxy) is 1. The van der Waals surface area contributed by atoms with Crippen LogP contribution in [0.5, 0.6) is 0 Å². The molecular formula is C19H20ClFN2O4. The maximum Gasteiger partial charge on any atom is 0.311 e. The molecule has 0 spiro atoms. The quantitative estimate of drug-likeness (QED) is 0.619. The minimum absolute atomic E-state index is 0. The Morgan fingerprint density at radius 2 is 1.96 bits per heavy atom. The van der Waals surface area contributed by atoms with E-state index in [0.29, 0.717) is 18.8 Å². The Bertz CT molecular complexity index is 899. The number of ketones is 1. The van der Waals surface area contributed by atoms with Crippen LogP contribution in [0.25, 0.3) is 5.69 Å². The molecule has 0 bridgehead atoms. The molecule has 1 aliphatic heterocycles. The number of benzene rings is 1. The lowest BCUT2D eigenvalue weighted by Gasteiger charge is -2.16. The van der Waals surface area contributed by atoms with Crippen molar-refractivity contribution < 1.29 is 18.7 Å². The number of pyridine rings is 1. The van der Waals surface area contributed by atoms with Gasteiger partial charge in [-0.05, 0) is 31.2 Å². The van der Waals surface area contributed by atoms with E-state index in [1.54, 1.807) is 19.1 Å².